The lowest BCUT2D eigenvalue weighted by atomic mass is 9.75. The minimum absolute atomic E-state index is 0.0620. The summed E-state index contributed by atoms with van der Waals surface area (Å²) in [7, 11) is 1.50. The molecule has 1 unspecified atom stereocenters. The number of methoxy groups -OCH3 is 1. The van der Waals surface area contributed by atoms with Gasteiger partial charge in [0.1, 0.15) is 12.0 Å². The first kappa shape index (κ1) is 19.2. The Labute approximate surface area is 149 Å². The van der Waals surface area contributed by atoms with Crippen LogP contribution in [0, 0.1) is 12.3 Å². The number of rotatable bonds is 5. The number of carbonyl (C=O) groups excluding carboxylic acids is 2. The van der Waals surface area contributed by atoms with E-state index in [1.54, 1.807) is 19.1 Å². The average Bonchev–Trinajstić information content (AvgIpc) is 2.57. The molecule has 0 bridgehead atoms. The van der Waals surface area contributed by atoms with E-state index in [0.29, 0.717) is 11.4 Å². The molecule has 25 heavy (non-hydrogen) atoms. The van der Waals surface area contributed by atoms with E-state index >= 15 is 0 Å². The van der Waals surface area contributed by atoms with Gasteiger partial charge in [-0.15, -0.1) is 0 Å². The van der Waals surface area contributed by atoms with Crippen molar-refractivity contribution in [1.29, 1.82) is 0 Å². The van der Waals surface area contributed by atoms with Gasteiger partial charge in [0, 0.05) is 18.2 Å². The van der Waals surface area contributed by atoms with Gasteiger partial charge in [0.2, 0.25) is 5.91 Å². The van der Waals surface area contributed by atoms with Crippen LogP contribution in [-0.2, 0) is 9.53 Å². The molecule has 0 aromatic heterocycles. The van der Waals surface area contributed by atoms with Crippen LogP contribution in [0.1, 0.15) is 51.5 Å². The Morgan fingerprint density at radius 2 is 1.88 bits per heavy atom. The Bertz CT molecular complexity index is 624. The summed E-state index contributed by atoms with van der Waals surface area (Å²) in [6.45, 7) is 5.58. The van der Waals surface area contributed by atoms with Crippen molar-refractivity contribution in [3.8, 4) is 5.75 Å². The van der Waals surface area contributed by atoms with Gasteiger partial charge in [-0.05, 0) is 50.5 Å². The van der Waals surface area contributed by atoms with E-state index in [9.17, 15) is 9.59 Å². The van der Waals surface area contributed by atoms with Crippen molar-refractivity contribution in [2.24, 2.45) is 5.41 Å². The molecule has 0 heterocycles. The van der Waals surface area contributed by atoms with Crippen molar-refractivity contribution < 1.29 is 19.1 Å². The van der Waals surface area contributed by atoms with Crippen LogP contribution in [0.2, 0.25) is 0 Å². The zero-order valence-corrected chi connectivity index (χ0v) is 15.5. The van der Waals surface area contributed by atoms with Crippen molar-refractivity contribution in [3.63, 3.8) is 0 Å². The van der Waals surface area contributed by atoms with E-state index < -0.39 is 12.3 Å². The van der Waals surface area contributed by atoms with Crippen molar-refractivity contribution in [3.05, 3.63) is 23.8 Å². The number of hydrogen-bond acceptors (Lipinski definition) is 4. The summed E-state index contributed by atoms with van der Waals surface area (Å²) >= 11 is 0. The molecule has 1 fully saturated rings. The first-order valence-electron chi connectivity index (χ1n) is 8.77. The molecule has 0 aliphatic heterocycles. The lowest BCUT2D eigenvalue weighted by molar-refractivity contribution is -0.126. The van der Waals surface area contributed by atoms with Crippen LogP contribution in [0.3, 0.4) is 0 Å². The number of hydrogen-bond donors (Lipinski definition) is 2. The quantitative estimate of drug-likeness (QED) is 0.789. The fourth-order valence-corrected chi connectivity index (χ4v) is 3.04. The van der Waals surface area contributed by atoms with Crippen molar-refractivity contribution in [1.82, 2.24) is 5.32 Å². The highest BCUT2D eigenvalue weighted by Gasteiger charge is 2.34. The third-order valence-electron chi connectivity index (χ3n) is 4.82. The minimum Gasteiger partial charge on any atom is -0.410 e. The first-order chi connectivity index (χ1) is 11.8. The number of benzene rings is 1. The second kappa shape index (κ2) is 8.34. The summed E-state index contributed by atoms with van der Waals surface area (Å²) in [6, 6.07) is 5.25. The summed E-state index contributed by atoms with van der Waals surface area (Å²) in [5.74, 6) is 0.509. The van der Waals surface area contributed by atoms with Crippen molar-refractivity contribution >= 4 is 17.7 Å². The van der Waals surface area contributed by atoms with E-state index in [2.05, 4.69) is 10.6 Å². The maximum atomic E-state index is 12.6. The average molecular weight is 348 g/mol. The Kier molecular flexibility index (Phi) is 6.42. The molecule has 2 N–H and O–H groups in total. The number of aryl methyl sites for hydroxylation is 1. The molecule has 0 saturated heterocycles. The van der Waals surface area contributed by atoms with Crippen molar-refractivity contribution in [2.75, 3.05) is 12.4 Å². The predicted molar refractivity (Wildman–Crippen MR) is 96.6 cm³/mol. The Morgan fingerprint density at radius 1 is 1.20 bits per heavy atom. The van der Waals surface area contributed by atoms with Gasteiger partial charge >= 0.3 is 6.09 Å². The fraction of sp³-hybridized carbons (Fsp3) is 0.579. The Morgan fingerprint density at radius 3 is 2.48 bits per heavy atom. The van der Waals surface area contributed by atoms with E-state index in [1.165, 1.54) is 13.5 Å². The monoisotopic (exact) mass is 348 g/mol. The molecule has 1 atom stereocenters. The molecule has 138 valence electrons. The lowest BCUT2D eigenvalue weighted by Gasteiger charge is -2.32. The van der Waals surface area contributed by atoms with E-state index in [1.807, 2.05) is 19.9 Å². The second-order valence-electron chi connectivity index (χ2n) is 6.97. The molecule has 1 aliphatic rings. The maximum absolute atomic E-state index is 12.6. The summed E-state index contributed by atoms with van der Waals surface area (Å²) < 4.78 is 10.2. The third kappa shape index (κ3) is 5.19. The second-order valence-corrected chi connectivity index (χ2v) is 6.97. The van der Waals surface area contributed by atoms with Crippen LogP contribution in [0.4, 0.5) is 10.5 Å². The smallest absolute Gasteiger partial charge is 0.410 e. The molecule has 1 saturated carbocycles. The maximum Gasteiger partial charge on any atom is 0.414 e. The Hall–Kier alpha value is -2.08. The molecule has 1 aromatic carbocycles. The summed E-state index contributed by atoms with van der Waals surface area (Å²) in [5.41, 5.74) is 1.19. The number of nitrogens with one attached hydrogen (secondary N) is 2. The zero-order valence-electron chi connectivity index (χ0n) is 15.5. The lowest BCUT2D eigenvalue weighted by Crippen LogP contribution is -2.36. The molecule has 2 rings (SSSR count). The molecular formula is C19H28N2O4. The van der Waals surface area contributed by atoms with Gasteiger partial charge in [0.15, 0.2) is 0 Å². The van der Waals surface area contributed by atoms with Gasteiger partial charge in [0.05, 0.1) is 0 Å². The third-order valence-corrected chi connectivity index (χ3v) is 4.82. The number of amides is 2. The van der Waals surface area contributed by atoms with Gasteiger partial charge in [-0.25, -0.2) is 4.79 Å². The summed E-state index contributed by atoms with van der Waals surface area (Å²) in [6.07, 6.45) is 4.26. The van der Waals surface area contributed by atoms with Crippen LogP contribution in [0.5, 0.6) is 5.75 Å². The topological polar surface area (TPSA) is 76.7 Å². The van der Waals surface area contributed by atoms with Crippen LogP contribution in [0.25, 0.3) is 0 Å². The van der Waals surface area contributed by atoms with Crippen LogP contribution in [-0.4, -0.2) is 25.3 Å². The van der Waals surface area contributed by atoms with Gasteiger partial charge in [0.25, 0.3) is 0 Å². The zero-order chi connectivity index (χ0) is 18.4. The molecule has 0 radical (unpaired) electrons. The van der Waals surface area contributed by atoms with Gasteiger partial charge in [-0.1, -0.05) is 26.2 Å². The summed E-state index contributed by atoms with van der Waals surface area (Å²) in [4.78, 5) is 24.4. The van der Waals surface area contributed by atoms with Gasteiger partial charge in [-0.2, -0.15) is 0 Å². The largest absolute Gasteiger partial charge is 0.414 e. The molecule has 2 amide bonds. The predicted octanol–water partition coefficient (Wildman–Crippen LogP) is 3.98. The normalized spacial score (nSPS) is 17.4. The molecule has 1 aliphatic carbocycles. The van der Waals surface area contributed by atoms with Gasteiger partial charge in [-0.3, -0.25) is 10.1 Å². The number of anilines is 1. The number of ether oxygens (including phenoxy) is 2. The first-order valence-corrected chi connectivity index (χ1v) is 8.77. The SMILES string of the molecule is COC(C)NC(=O)Oc1ccc(NC(=O)C2(C)CCCCC2)cc1C. The van der Waals surface area contributed by atoms with Crippen LogP contribution < -0.4 is 15.4 Å². The van der Waals surface area contributed by atoms with E-state index in [-0.39, 0.29) is 11.3 Å². The van der Waals surface area contributed by atoms with Crippen LogP contribution in [0.15, 0.2) is 18.2 Å². The fourth-order valence-electron chi connectivity index (χ4n) is 3.04. The standard InChI is InChI=1S/C19H28N2O4/c1-13-12-15(21-17(22)19(3)10-6-5-7-11-19)8-9-16(13)25-18(23)20-14(2)24-4/h8-9,12,14H,5-7,10-11H2,1-4H3,(H,20,23)(H,21,22). The minimum atomic E-state index is -0.580. The highest BCUT2D eigenvalue weighted by atomic mass is 16.6. The Balaban J connectivity index is 1.99. The van der Waals surface area contributed by atoms with E-state index in [0.717, 1.165) is 31.2 Å². The molecule has 1 aromatic rings. The van der Waals surface area contributed by atoms with Crippen molar-refractivity contribution in [2.45, 2.75) is 59.1 Å². The molecule has 6 nitrogen and oxygen atoms in total. The van der Waals surface area contributed by atoms with Gasteiger partial charge < -0.3 is 14.8 Å². The molecular weight excluding hydrogens is 320 g/mol. The summed E-state index contributed by atoms with van der Waals surface area (Å²) in [5, 5.41) is 5.55. The van der Waals surface area contributed by atoms with E-state index in [4.69, 9.17) is 9.47 Å². The highest BCUT2D eigenvalue weighted by molar-refractivity contribution is 5.95. The highest BCUT2D eigenvalue weighted by Crippen LogP contribution is 2.37. The van der Waals surface area contributed by atoms with Crippen LogP contribution >= 0.6 is 0 Å². The molecule has 0 spiro atoms. The number of carbonyl (C=O) groups is 2. The molecule has 6 heteroatoms.